The van der Waals surface area contributed by atoms with Crippen LogP contribution < -0.4 is 37.2 Å². The summed E-state index contributed by atoms with van der Waals surface area (Å²) in [6.45, 7) is 4.68. The van der Waals surface area contributed by atoms with Crippen molar-refractivity contribution in [2.45, 2.75) is 23.0 Å². The van der Waals surface area contributed by atoms with E-state index < -0.39 is 0 Å². The van der Waals surface area contributed by atoms with E-state index in [9.17, 15) is 0 Å². The second-order valence-electron chi connectivity index (χ2n) is 7.02. The van der Waals surface area contributed by atoms with Crippen molar-refractivity contribution in [3.63, 3.8) is 0 Å². The molecule has 4 heteroatoms. The zero-order chi connectivity index (χ0) is 17.5. The second-order valence-corrected chi connectivity index (χ2v) is 8.19. The van der Waals surface area contributed by atoms with E-state index in [2.05, 4.69) is 125 Å². The van der Waals surface area contributed by atoms with Gasteiger partial charge in [-0.2, -0.15) is 0 Å². The first-order chi connectivity index (χ1) is 12.1. The fraction of sp³-hybridized carbons (Fsp3) is 0.167. The van der Waals surface area contributed by atoms with Crippen molar-refractivity contribution in [2.24, 2.45) is 0 Å². The molecule has 0 saturated heterocycles. The summed E-state index contributed by atoms with van der Waals surface area (Å²) in [5.74, 6) is 0. The van der Waals surface area contributed by atoms with Gasteiger partial charge in [0.05, 0.1) is 0 Å². The number of allylic oxidation sites excluding steroid dienone is 1. The van der Waals surface area contributed by atoms with Crippen LogP contribution in [-0.4, -0.2) is 0 Å². The molecule has 0 aliphatic heterocycles. The SMILES string of the molecule is CC1=Cc2ccccc2[C]1([Ti+3])C(C)(c1ccccc1)c1ccccc1.[Cl-].[Cl-].[Cl-]. The van der Waals surface area contributed by atoms with Gasteiger partial charge in [0.2, 0.25) is 0 Å². The van der Waals surface area contributed by atoms with Crippen molar-refractivity contribution in [3.05, 3.63) is 113 Å². The molecule has 0 amide bonds. The first kappa shape index (κ1) is 25.0. The third-order valence-corrected chi connectivity index (χ3v) is 7.60. The summed E-state index contributed by atoms with van der Waals surface area (Å²) < 4.78 is -0.0910. The smallest absolute Gasteiger partial charge is 1.00 e. The topological polar surface area (TPSA) is 0 Å². The molecule has 142 valence electrons. The van der Waals surface area contributed by atoms with Crippen LogP contribution in [0.2, 0.25) is 0 Å². The van der Waals surface area contributed by atoms with Crippen molar-refractivity contribution < 1.29 is 57.7 Å². The zero-order valence-corrected chi connectivity index (χ0v) is 19.6. The first-order valence-corrected chi connectivity index (χ1v) is 9.51. The zero-order valence-electron chi connectivity index (χ0n) is 15.8. The molecular formula is C24H21Cl3Ti. The average molecular weight is 464 g/mol. The van der Waals surface area contributed by atoms with Crippen molar-refractivity contribution in [3.8, 4) is 0 Å². The van der Waals surface area contributed by atoms with Gasteiger partial charge >= 0.3 is 162 Å². The van der Waals surface area contributed by atoms with E-state index in [0.29, 0.717) is 0 Å². The van der Waals surface area contributed by atoms with Crippen molar-refractivity contribution in [1.82, 2.24) is 0 Å². The molecule has 0 saturated carbocycles. The summed E-state index contributed by atoms with van der Waals surface area (Å²) in [6, 6.07) is 30.7. The van der Waals surface area contributed by atoms with Crippen LogP contribution in [0.5, 0.6) is 0 Å². The molecular weight excluding hydrogens is 442 g/mol. The number of benzene rings is 3. The normalized spacial score (nSPS) is 17.4. The third kappa shape index (κ3) is 3.62. The maximum Gasteiger partial charge on any atom is -1.00 e. The molecule has 3 aromatic rings. The van der Waals surface area contributed by atoms with E-state index in [-0.39, 0.29) is 46.4 Å². The Morgan fingerprint density at radius 1 is 0.679 bits per heavy atom. The molecule has 0 bridgehead atoms. The van der Waals surface area contributed by atoms with Gasteiger partial charge in [0, 0.05) is 0 Å². The number of hydrogen-bond acceptors (Lipinski definition) is 0. The van der Waals surface area contributed by atoms with Crippen LogP contribution in [0.1, 0.15) is 36.1 Å². The summed E-state index contributed by atoms with van der Waals surface area (Å²) in [5, 5.41) is 0. The number of fused-ring (bicyclic) bond motifs is 1. The minimum Gasteiger partial charge on any atom is -1.00 e. The fourth-order valence-electron chi connectivity index (χ4n) is 4.32. The van der Waals surface area contributed by atoms with Crippen LogP contribution in [0.25, 0.3) is 6.08 Å². The maximum atomic E-state index is 2.41. The minimum absolute atomic E-state index is 0. The van der Waals surface area contributed by atoms with E-state index in [0.717, 1.165) is 0 Å². The number of rotatable bonds is 3. The maximum absolute atomic E-state index is 2.41. The van der Waals surface area contributed by atoms with Gasteiger partial charge in [-0.1, -0.05) is 0 Å². The predicted molar refractivity (Wildman–Crippen MR) is 101 cm³/mol. The van der Waals surface area contributed by atoms with Crippen molar-refractivity contribution in [1.29, 1.82) is 0 Å². The Morgan fingerprint density at radius 2 is 1.11 bits per heavy atom. The number of halogens is 3. The van der Waals surface area contributed by atoms with Gasteiger partial charge < -0.3 is 37.2 Å². The molecule has 1 unspecified atom stereocenters. The average Bonchev–Trinajstić information content (AvgIpc) is 2.94. The fourth-order valence-corrected chi connectivity index (χ4v) is 5.24. The quantitative estimate of drug-likeness (QED) is 0.361. The van der Waals surface area contributed by atoms with E-state index in [4.69, 9.17) is 0 Å². The summed E-state index contributed by atoms with van der Waals surface area (Å²) in [7, 11) is 0. The Morgan fingerprint density at radius 3 is 1.61 bits per heavy atom. The Balaban J connectivity index is 0.00000131. The molecule has 0 spiro atoms. The van der Waals surface area contributed by atoms with Gasteiger partial charge in [0.25, 0.3) is 0 Å². The molecule has 4 rings (SSSR count). The van der Waals surface area contributed by atoms with Gasteiger partial charge in [0.15, 0.2) is 0 Å². The summed E-state index contributed by atoms with van der Waals surface area (Å²) in [6.07, 6.45) is 2.36. The van der Waals surface area contributed by atoms with E-state index in [1.54, 1.807) is 0 Å². The molecule has 1 aliphatic rings. The van der Waals surface area contributed by atoms with Crippen LogP contribution in [0.4, 0.5) is 0 Å². The van der Waals surface area contributed by atoms with Gasteiger partial charge in [-0.15, -0.1) is 0 Å². The molecule has 0 fully saturated rings. The molecule has 0 aromatic heterocycles. The van der Waals surface area contributed by atoms with Crippen LogP contribution >= 0.6 is 0 Å². The van der Waals surface area contributed by atoms with Crippen LogP contribution in [-0.2, 0) is 29.6 Å². The van der Waals surface area contributed by atoms with Gasteiger partial charge in [-0.25, -0.2) is 0 Å². The summed E-state index contributed by atoms with van der Waals surface area (Å²) in [5.41, 5.74) is 6.75. The minimum atomic E-state index is -0.150. The van der Waals surface area contributed by atoms with Crippen LogP contribution in [0.15, 0.2) is 90.5 Å². The Kier molecular flexibility index (Phi) is 8.63. The largest absolute Gasteiger partial charge is 1.00 e. The van der Waals surface area contributed by atoms with Crippen LogP contribution in [0.3, 0.4) is 0 Å². The van der Waals surface area contributed by atoms with Gasteiger partial charge in [-0.3, -0.25) is 0 Å². The molecule has 1 atom stereocenters. The summed E-state index contributed by atoms with van der Waals surface area (Å²) in [4.78, 5) is 0. The van der Waals surface area contributed by atoms with Crippen molar-refractivity contribution >= 4 is 6.08 Å². The molecule has 28 heavy (non-hydrogen) atoms. The molecule has 1 aliphatic carbocycles. The number of hydrogen-bond donors (Lipinski definition) is 0. The van der Waals surface area contributed by atoms with Gasteiger partial charge in [0.1, 0.15) is 0 Å². The second kappa shape index (κ2) is 9.66. The Hall–Kier alpha value is -1.02. The Bertz CT molecular complexity index is 899. The van der Waals surface area contributed by atoms with E-state index in [1.807, 2.05) is 0 Å². The molecule has 0 heterocycles. The molecule has 0 N–H and O–H groups in total. The monoisotopic (exact) mass is 462 g/mol. The molecule has 0 nitrogen and oxygen atoms in total. The van der Waals surface area contributed by atoms with E-state index in [1.165, 1.54) is 27.8 Å². The molecule has 0 radical (unpaired) electrons. The molecule has 3 aromatic carbocycles. The van der Waals surface area contributed by atoms with E-state index >= 15 is 0 Å². The standard InChI is InChI=1S/C24H21.3ClH.Ti/c1-18-17-19-11-9-10-16-22(19)23(18)24(2,20-12-5-3-6-13-20)21-14-7-4-8-15-21;;;;/h3-17H,1-2H3;3*1H;/q;;;;+3/p-3. The summed E-state index contributed by atoms with van der Waals surface area (Å²) >= 11 is 2.41. The van der Waals surface area contributed by atoms with Gasteiger partial charge in [-0.05, 0) is 0 Å². The van der Waals surface area contributed by atoms with Crippen LogP contribution in [0, 0.1) is 0 Å². The predicted octanol–water partition coefficient (Wildman–Crippen LogP) is -3.14. The van der Waals surface area contributed by atoms with Crippen molar-refractivity contribution in [2.75, 3.05) is 0 Å². The first-order valence-electron chi connectivity index (χ1n) is 8.73. The Labute approximate surface area is 198 Å². The third-order valence-electron chi connectivity index (χ3n) is 5.78.